The van der Waals surface area contributed by atoms with Gasteiger partial charge in [-0.15, -0.1) is 0 Å². The molecule has 0 radical (unpaired) electrons. The lowest BCUT2D eigenvalue weighted by Gasteiger charge is -2.27. The van der Waals surface area contributed by atoms with E-state index in [1.54, 1.807) is 38.3 Å². The number of hydrogen-bond acceptors (Lipinski definition) is 8. The van der Waals surface area contributed by atoms with E-state index in [1.165, 1.54) is 13.4 Å². The minimum Gasteiger partial charge on any atom is -0.493 e. The molecule has 1 aliphatic heterocycles. The number of benzene rings is 1. The topological polar surface area (TPSA) is 125 Å². The third-order valence-electron chi connectivity index (χ3n) is 4.92. The number of methoxy groups -OCH3 is 2. The van der Waals surface area contributed by atoms with Crippen LogP contribution in [0, 0.1) is 0 Å². The van der Waals surface area contributed by atoms with Crippen molar-refractivity contribution < 1.29 is 37.7 Å². The van der Waals surface area contributed by atoms with E-state index in [0.717, 1.165) is 5.56 Å². The van der Waals surface area contributed by atoms with E-state index in [4.69, 9.17) is 23.4 Å². The molecule has 2 heterocycles. The SMILES string of the molecule is CCOC(=O)C1=C(COC(=O)CCc2ccc(OC)c(OC)c2)NC(=O)NC1c1ccco1. The van der Waals surface area contributed by atoms with E-state index < -0.39 is 24.0 Å². The Balaban J connectivity index is 1.70. The molecule has 176 valence electrons. The van der Waals surface area contributed by atoms with Crippen LogP contribution >= 0.6 is 0 Å². The molecule has 0 saturated heterocycles. The lowest BCUT2D eigenvalue weighted by Crippen LogP contribution is -2.47. The molecule has 2 amide bonds. The van der Waals surface area contributed by atoms with Gasteiger partial charge in [-0.2, -0.15) is 0 Å². The maximum absolute atomic E-state index is 12.6. The second kappa shape index (κ2) is 11.1. The van der Waals surface area contributed by atoms with E-state index in [-0.39, 0.29) is 30.9 Å². The predicted molar refractivity (Wildman–Crippen MR) is 116 cm³/mol. The molecule has 2 N–H and O–H groups in total. The number of carbonyl (C=O) groups excluding carboxylic acids is 3. The molecule has 0 spiro atoms. The molecule has 0 bridgehead atoms. The van der Waals surface area contributed by atoms with Gasteiger partial charge in [-0.05, 0) is 43.2 Å². The smallest absolute Gasteiger partial charge is 0.338 e. The molecule has 33 heavy (non-hydrogen) atoms. The monoisotopic (exact) mass is 458 g/mol. The van der Waals surface area contributed by atoms with Gasteiger partial charge in [-0.3, -0.25) is 4.79 Å². The zero-order valence-electron chi connectivity index (χ0n) is 18.6. The van der Waals surface area contributed by atoms with Gasteiger partial charge in [0.05, 0.1) is 38.4 Å². The summed E-state index contributed by atoms with van der Waals surface area (Å²) < 4.78 is 26.3. The molecular formula is C23H26N2O8. The average Bonchev–Trinajstić information content (AvgIpc) is 3.35. The van der Waals surface area contributed by atoms with Gasteiger partial charge in [0.15, 0.2) is 11.5 Å². The second-order valence-electron chi connectivity index (χ2n) is 7.01. The first-order valence-electron chi connectivity index (χ1n) is 10.3. The Morgan fingerprint density at radius 2 is 1.88 bits per heavy atom. The number of rotatable bonds is 10. The highest BCUT2D eigenvalue weighted by atomic mass is 16.5. The van der Waals surface area contributed by atoms with Crippen LogP contribution in [-0.4, -0.2) is 45.4 Å². The first-order chi connectivity index (χ1) is 16.0. The number of ether oxygens (including phenoxy) is 4. The summed E-state index contributed by atoms with van der Waals surface area (Å²) in [6.45, 7) is 1.51. The zero-order valence-corrected chi connectivity index (χ0v) is 18.6. The van der Waals surface area contributed by atoms with Crippen LogP contribution in [0.2, 0.25) is 0 Å². The number of esters is 2. The summed E-state index contributed by atoms with van der Waals surface area (Å²) in [5, 5.41) is 5.16. The van der Waals surface area contributed by atoms with Crippen molar-refractivity contribution in [2.45, 2.75) is 25.8 Å². The molecule has 1 aromatic heterocycles. The minimum absolute atomic E-state index is 0.0886. The van der Waals surface area contributed by atoms with Gasteiger partial charge < -0.3 is 34.0 Å². The van der Waals surface area contributed by atoms with Gasteiger partial charge in [0.25, 0.3) is 0 Å². The van der Waals surface area contributed by atoms with E-state index in [2.05, 4.69) is 10.6 Å². The zero-order chi connectivity index (χ0) is 23.8. The van der Waals surface area contributed by atoms with Crippen molar-refractivity contribution in [1.29, 1.82) is 0 Å². The van der Waals surface area contributed by atoms with Crippen LogP contribution in [0.5, 0.6) is 11.5 Å². The lowest BCUT2D eigenvalue weighted by atomic mass is 10.0. The molecule has 1 aliphatic rings. The van der Waals surface area contributed by atoms with Crippen molar-refractivity contribution >= 4 is 18.0 Å². The fourth-order valence-corrected chi connectivity index (χ4v) is 3.36. The van der Waals surface area contributed by atoms with E-state index in [9.17, 15) is 14.4 Å². The van der Waals surface area contributed by atoms with Crippen LogP contribution in [-0.2, 0) is 25.5 Å². The highest BCUT2D eigenvalue weighted by Crippen LogP contribution is 2.29. The molecule has 0 saturated carbocycles. The summed E-state index contributed by atoms with van der Waals surface area (Å²) in [7, 11) is 3.08. The van der Waals surface area contributed by atoms with Gasteiger partial charge in [0, 0.05) is 6.42 Å². The number of furan rings is 1. The Labute approximate surface area is 190 Å². The molecule has 1 atom stereocenters. The molecule has 1 aromatic carbocycles. The molecule has 2 aromatic rings. The van der Waals surface area contributed by atoms with Gasteiger partial charge >= 0.3 is 18.0 Å². The van der Waals surface area contributed by atoms with Crippen molar-refractivity contribution in [2.75, 3.05) is 27.4 Å². The Morgan fingerprint density at radius 1 is 1.09 bits per heavy atom. The summed E-state index contributed by atoms with van der Waals surface area (Å²) >= 11 is 0. The van der Waals surface area contributed by atoms with Crippen LogP contribution in [0.1, 0.15) is 30.7 Å². The molecular weight excluding hydrogens is 432 g/mol. The quantitative estimate of drug-likeness (QED) is 0.521. The Hall–Kier alpha value is -3.95. The maximum Gasteiger partial charge on any atom is 0.338 e. The van der Waals surface area contributed by atoms with Crippen LogP contribution < -0.4 is 20.1 Å². The molecule has 0 fully saturated rings. The number of urea groups is 1. The third kappa shape index (κ3) is 5.85. The van der Waals surface area contributed by atoms with Gasteiger partial charge in [-0.25, -0.2) is 9.59 Å². The minimum atomic E-state index is -0.867. The van der Waals surface area contributed by atoms with E-state index in [0.29, 0.717) is 23.7 Å². The van der Waals surface area contributed by atoms with Crippen molar-refractivity contribution in [3.8, 4) is 11.5 Å². The first-order valence-corrected chi connectivity index (χ1v) is 10.3. The Kier molecular flexibility index (Phi) is 7.96. The van der Waals surface area contributed by atoms with Crippen LogP contribution in [0.25, 0.3) is 0 Å². The van der Waals surface area contributed by atoms with Gasteiger partial charge in [0.2, 0.25) is 0 Å². The molecule has 10 nitrogen and oxygen atoms in total. The summed E-state index contributed by atoms with van der Waals surface area (Å²) in [6, 6.07) is 7.22. The number of nitrogens with one attached hydrogen (secondary N) is 2. The van der Waals surface area contributed by atoms with Gasteiger partial charge in [0.1, 0.15) is 18.4 Å². The first kappa shape index (κ1) is 23.7. The largest absolute Gasteiger partial charge is 0.493 e. The second-order valence-corrected chi connectivity index (χ2v) is 7.01. The fraction of sp³-hybridized carbons (Fsp3) is 0.348. The lowest BCUT2D eigenvalue weighted by molar-refractivity contribution is -0.143. The molecule has 1 unspecified atom stereocenters. The van der Waals surface area contributed by atoms with E-state index in [1.807, 2.05) is 6.07 Å². The molecule has 3 rings (SSSR count). The van der Waals surface area contributed by atoms with Crippen molar-refractivity contribution in [1.82, 2.24) is 10.6 Å². The molecule has 0 aliphatic carbocycles. The van der Waals surface area contributed by atoms with Crippen molar-refractivity contribution in [3.63, 3.8) is 0 Å². The highest BCUT2D eigenvalue weighted by Gasteiger charge is 2.35. The summed E-state index contributed by atoms with van der Waals surface area (Å²) in [4.78, 5) is 37.1. The number of hydrogen-bond donors (Lipinski definition) is 2. The number of amides is 2. The summed E-state index contributed by atoms with van der Waals surface area (Å²) in [5.41, 5.74) is 1.11. The number of aryl methyl sites for hydroxylation is 1. The highest BCUT2D eigenvalue weighted by molar-refractivity contribution is 5.95. The Morgan fingerprint density at radius 3 is 2.55 bits per heavy atom. The molecule has 10 heteroatoms. The van der Waals surface area contributed by atoms with Crippen LogP contribution in [0.15, 0.2) is 52.3 Å². The fourth-order valence-electron chi connectivity index (χ4n) is 3.36. The maximum atomic E-state index is 12.6. The summed E-state index contributed by atoms with van der Waals surface area (Å²) in [5.74, 6) is 0.361. The Bertz CT molecular complexity index is 1030. The van der Waals surface area contributed by atoms with Gasteiger partial charge in [-0.1, -0.05) is 6.07 Å². The normalized spacial score (nSPS) is 15.4. The third-order valence-corrected chi connectivity index (χ3v) is 4.92. The van der Waals surface area contributed by atoms with Crippen LogP contribution in [0.4, 0.5) is 4.79 Å². The number of carbonyl (C=O) groups is 3. The van der Waals surface area contributed by atoms with Crippen molar-refractivity contribution in [3.05, 3.63) is 59.2 Å². The van der Waals surface area contributed by atoms with Crippen LogP contribution in [0.3, 0.4) is 0 Å². The van der Waals surface area contributed by atoms with Crippen molar-refractivity contribution in [2.24, 2.45) is 0 Å². The van der Waals surface area contributed by atoms with E-state index >= 15 is 0 Å². The predicted octanol–water partition coefficient (Wildman–Crippen LogP) is 2.64. The average molecular weight is 458 g/mol. The standard InChI is InChI=1S/C23H26N2O8/c1-4-31-22(27)20-15(24-23(28)25-21(20)17-6-5-11-32-17)13-33-19(26)10-8-14-7-9-16(29-2)18(12-14)30-3/h5-7,9,11-12,21H,4,8,10,13H2,1-3H3,(H2,24,25,28). The summed E-state index contributed by atoms with van der Waals surface area (Å²) in [6.07, 6.45) is 1.93.